The number of hydrogen-bond donors (Lipinski definition) is 2. The fraction of sp³-hybridized carbons (Fsp3) is 0.741. The molecule has 196 valence electrons. The van der Waals surface area contributed by atoms with Gasteiger partial charge in [0.15, 0.2) is 0 Å². The standard InChI is InChI=1S/C27H42N2O5S/c1-15-9-8-10-20-21(29(20)7)12-22(16(2)11-19-14-35-18(4)28-19)34-24(31)13-23(30)27(5,6)26(33)17(3)25(15)32/h11,14-15,17,20-23,25,30,32H,8-10,12-13H2,1-7H3/b16-11+/t15-,17+,20+,21?,22?,23-,25-,29?/m0/s1. The van der Waals surface area contributed by atoms with Gasteiger partial charge in [0.05, 0.1) is 34.7 Å². The van der Waals surface area contributed by atoms with Crippen molar-refractivity contribution >= 4 is 29.2 Å². The maximum Gasteiger partial charge on any atom is 0.309 e. The molecular weight excluding hydrogens is 464 g/mol. The summed E-state index contributed by atoms with van der Waals surface area (Å²) in [5.41, 5.74) is 0.581. The maximum absolute atomic E-state index is 13.2. The molecule has 2 fully saturated rings. The average molecular weight is 507 g/mol. The molecule has 0 aliphatic carbocycles. The van der Waals surface area contributed by atoms with E-state index in [0.717, 1.165) is 35.5 Å². The number of fused-ring (bicyclic) bond motifs is 1. The van der Waals surface area contributed by atoms with Crippen molar-refractivity contribution in [1.82, 2.24) is 9.88 Å². The van der Waals surface area contributed by atoms with E-state index in [4.69, 9.17) is 4.74 Å². The molecule has 2 N–H and O–H groups in total. The van der Waals surface area contributed by atoms with Gasteiger partial charge in [0.1, 0.15) is 11.9 Å². The number of Topliss-reactive ketones (excluding diaryl/α,β-unsaturated/α-hetero) is 1. The van der Waals surface area contributed by atoms with E-state index in [1.165, 1.54) is 0 Å². The number of carbonyl (C=O) groups is 2. The summed E-state index contributed by atoms with van der Waals surface area (Å²) in [5.74, 6) is -1.42. The van der Waals surface area contributed by atoms with Crippen LogP contribution in [0.15, 0.2) is 11.0 Å². The van der Waals surface area contributed by atoms with Gasteiger partial charge in [0.2, 0.25) is 0 Å². The molecule has 1 aromatic rings. The number of ether oxygens (including phenoxy) is 1. The van der Waals surface area contributed by atoms with Gasteiger partial charge in [0.25, 0.3) is 0 Å². The Bertz CT molecular complexity index is 942. The second-order valence-corrected chi connectivity index (χ2v) is 12.2. The van der Waals surface area contributed by atoms with Crippen molar-refractivity contribution in [2.24, 2.45) is 17.3 Å². The highest BCUT2D eigenvalue weighted by atomic mass is 32.1. The van der Waals surface area contributed by atoms with Crippen LogP contribution in [0.2, 0.25) is 0 Å². The van der Waals surface area contributed by atoms with E-state index in [0.29, 0.717) is 18.5 Å². The molecule has 3 heterocycles. The second-order valence-electron chi connectivity index (χ2n) is 11.2. The molecule has 2 aliphatic rings. The van der Waals surface area contributed by atoms with Crippen LogP contribution >= 0.6 is 11.3 Å². The highest BCUT2D eigenvalue weighted by Gasteiger charge is 2.46. The van der Waals surface area contributed by atoms with Gasteiger partial charge in [0, 0.05) is 29.8 Å². The van der Waals surface area contributed by atoms with E-state index in [-0.39, 0.29) is 18.1 Å². The van der Waals surface area contributed by atoms with Crippen molar-refractivity contribution in [3.05, 3.63) is 21.7 Å². The Morgan fingerprint density at radius 3 is 2.54 bits per heavy atom. The first-order valence-electron chi connectivity index (χ1n) is 12.7. The zero-order valence-electron chi connectivity index (χ0n) is 22.2. The number of aryl methyl sites for hydroxylation is 1. The number of carbonyl (C=O) groups excluding carboxylic acids is 2. The van der Waals surface area contributed by atoms with Crippen LogP contribution in [0.3, 0.4) is 0 Å². The van der Waals surface area contributed by atoms with Crippen molar-refractivity contribution in [2.45, 2.75) is 104 Å². The van der Waals surface area contributed by atoms with Crippen LogP contribution in [0.4, 0.5) is 0 Å². The molecule has 35 heavy (non-hydrogen) atoms. The minimum Gasteiger partial charge on any atom is -0.458 e. The number of thiazole rings is 1. The number of ketones is 1. The molecule has 8 heteroatoms. The Kier molecular flexibility index (Phi) is 8.95. The first-order chi connectivity index (χ1) is 16.3. The topological polar surface area (TPSA) is 99.7 Å². The van der Waals surface area contributed by atoms with Crippen molar-refractivity contribution in [2.75, 3.05) is 7.05 Å². The van der Waals surface area contributed by atoms with Gasteiger partial charge in [-0.2, -0.15) is 0 Å². The summed E-state index contributed by atoms with van der Waals surface area (Å²) in [6, 6.07) is 0.717. The van der Waals surface area contributed by atoms with Crippen LogP contribution in [-0.2, 0) is 14.3 Å². The summed E-state index contributed by atoms with van der Waals surface area (Å²) in [5, 5.41) is 24.7. The molecular formula is C27H42N2O5S. The van der Waals surface area contributed by atoms with Gasteiger partial charge in [-0.3, -0.25) is 14.5 Å². The third-order valence-corrected chi connectivity index (χ3v) is 8.94. The largest absolute Gasteiger partial charge is 0.458 e. The molecule has 3 unspecified atom stereocenters. The summed E-state index contributed by atoms with van der Waals surface area (Å²) >= 11 is 1.58. The lowest BCUT2D eigenvalue weighted by molar-refractivity contribution is -0.154. The van der Waals surface area contributed by atoms with E-state index in [2.05, 4.69) is 16.9 Å². The molecule has 8 atom stereocenters. The van der Waals surface area contributed by atoms with E-state index in [9.17, 15) is 19.8 Å². The van der Waals surface area contributed by atoms with Gasteiger partial charge in [-0.25, -0.2) is 4.98 Å². The molecule has 0 saturated carbocycles. The first-order valence-corrected chi connectivity index (χ1v) is 13.6. The molecule has 0 spiro atoms. The quantitative estimate of drug-likeness (QED) is 0.462. The molecule has 0 radical (unpaired) electrons. The smallest absolute Gasteiger partial charge is 0.309 e. The number of cyclic esters (lactones) is 1. The lowest BCUT2D eigenvalue weighted by Gasteiger charge is -2.34. The van der Waals surface area contributed by atoms with E-state index < -0.39 is 35.6 Å². The summed E-state index contributed by atoms with van der Waals surface area (Å²) in [4.78, 5) is 33.0. The molecule has 2 saturated heterocycles. The van der Waals surface area contributed by atoms with Crippen LogP contribution in [0.5, 0.6) is 0 Å². The lowest BCUT2D eigenvalue weighted by atomic mass is 9.73. The molecule has 1 aromatic heterocycles. The molecule has 0 aromatic carbocycles. The van der Waals surface area contributed by atoms with Crippen LogP contribution < -0.4 is 0 Å². The van der Waals surface area contributed by atoms with Crippen molar-refractivity contribution < 1.29 is 24.5 Å². The van der Waals surface area contributed by atoms with Gasteiger partial charge in [-0.05, 0) is 51.3 Å². The number of rotatable bonds is 2. The molecule has 0 bridgehead atoms. The SMILES string of the molecule is C/C(=C\c1csc(C)n1)C1CC2[C@@H](CCC[C@H](C)[C@H](O)[C@@H](C)C(=O)C(C)(C)[C@@H](O)CC(=O)O1)N2C. The molecule has 2 aliphatic heterocycles. The zero-order valence-corrected chi connectivity index (χ0v) is 23.0. The minimum absolute atomic E-state index is 0.0261. The number of hydrogen-bond acceptors (Lipinski definition) is 8. The van der Waals surface area contributed by atoms with Gasteiger partial charge in [-0.1, -0.05) is 34.1 Å². The predicted molar refractivity (Wildman–Crippen MR) is 138 cm³/mol. The van der Waals surface area contributed by atoms with E-state index in [1.54, 1.807) is 32.1 Å². The maximum atomic E-state index is 13.2. The Morgan fingerprint density at radius 2 is 1.91 bits per heavy atom. The van der Waals surface area contributed by atoms with Crippen LogP contribution in [0, 0.1) is 24.2 Å². The number of likely N-dealkylation sites (N-methyl/N-ethyl adjacent to an activating group) is 1. The Hall–Kier alpha value is -1.61. The molecule has 7 nitrogen and oxygen atoms in total. The number of aliphatic hydroxyl groups is 2. The van der Waals surface area contributed by atoms with Gasteiger partial charge < -0.3 is 14.9 Å². The first kappa shape index (κ1) is 28.0. The highest BCUT2D eigenvalue weighted by Crippen LogP contribution is 2.38. The van der Waals surface area contributed by atoms with Crippen LogP contribution in [0.25, 0.3) is 6.08 Å². The normalized spacial score (nSPS) is 37.5. The summed E-state index contributed by atoms with van der Waals surface area (Å²) in [6.07, 6.45) is 2.72. The monoisotopic (exact) mass is 506 g/mol. The van der Waals surface area contributed by atoms with Crippen molar-refractivity contribution in [1.29, 1.82) is 0 Å². The fourth-order valence-corrected chi connectivity index (χ4v) is 5.92. The van der Waals surface area contributed by atoms with Crippen LogP contribution in [-0.4, -0.2) is 69.3 Å². The fourth-order valence-electron chi connectivity index (χ4n) is 5.35. The molecule has 3 rings (SSSR count). The Balaban J connectivity index is 1.85. The minimum atomic E-state index is -1.21. The van der Waals surface area contributed by atoms with E-state index >= 15 is 0 Å². The van der Waals surface area contributed by atoms with Crippen molar-refractivity contribution in [3.8, 4) is 0 Å². The number of esters is 1. The average Bonchev–Trinajstić information content (AvgIpc) is 3.18. The number of aromatic nitrogens is 1. The van der Waals surface area contributed by atoms with Gasteiger partial charge >= 0.3 is 5.97 Å². The summed E-state index contributed by atoms with van der Waals surface area (Å²) in [7, 11) is 2.09. The second kappa shape index (κ2) is 11.2. The van der Waals surface area contributed by atoms with E-state index in [1.807, 2.05) is 32.2 Å². The predicted octanol–water partition coefficient (Wildman–Crippen LogP) is 4.00. The number of aliphatic hydroxyl groups excluding tert-OH is 2. The summed E-state index contributed by atoms with van der Waals surface area (Å²) in [6.45, 7) is 10.9. The Morgan fingerprint density at radius 1 is 1.23 bits per heavy atom. The number of nitrogens with zero attached hydrogens (tertiary/aromatic N) is 2. The third kappa shape index (κ3) is 6.59. The highest BCUT2D eigenvalue weighted by molar-refractivity contribution is 7.09. The zero-order chi connectivity index (χ0) is 26.1. The summed E-state index contributed by atoms with van der Waals surface area (Å²) < 4.78 is 5.92. The van der Waals surface area contributed by atoms with Crippen LogP contribution in [0.1, 0.15) is 77.4 Å². The Labute approximate surface area is 213 Å². The molecule has 0 amide bonds. The third-order valence-electron chi connectivity index (χ3n) is 8.15. The van der Waals surface area contributed by atoms with Gasteiger partial charge in [-0.15, -0.1) is 11.3 Å². The van der Waals surface area contributed by atoms with Crippen molar-refractivity contribution in [3.63, 3.8) is 0 Å². The lowest BCUT2D eigenvalue weighted by Crippen LogP contribution is -2.45.